The van der Waals surface area contributed by atoms with Crippen LogP contribution in [0.15, 0.2) is 70.3 Å². The highest BCUT2D eigenvalue weighted by Crippen LogP contribution is 2.38. The number of hydrogen-bond acceptors (Lipinski definition) is 5. The molecule has 0 atom stereocenters. The van der Waals surface area contributed by atoms with Crippen molar-refractivity contribution in [1.29, 1.82) is 0 Å². The van der Waals surface area contributed by atoms with E-state index in [0.29, 0.717) is 5.56 Å². The van der Waals surface area contributed by atoms with Gasteiger partial charge in [0.15, 0.2) is 11.5 Å². The Bertz CT molecular complexity index is 1260. The van der Waals surface area contributed by atoms with Crippen molar-refractivity contribution in [2.75, 3.05) is 0 Å². The Hall–Kier alpha value is -3.93. The number of carboxylic acid groups (broad SMARTS) is 1. The molecule has 6 heteroatoms. The van der Waals surface area contributed by atoms with Crippen molar-refractivity contribution >= 4 is 5.97 Å². The number of carboxylic acids is 1. The third kappa shape index (κ3) is 5.01. The van der Waals surface area contributed by atoms with E-state index in [4.69, 9.17) is 0 Å². The highest BCUT2D eigenvalue weighted by molar-refractivity contribution is 5.87. The summed E-state index contributed by atoms with van der Waals surface area (Å²) in [6.45, 7) is 7.70. The van der Waals surface area contributed by atoms with Gasteiger partial charge in [-0.25, -0.2) is 4.79 Å². The molecular weight excluding hydrogens is 432 g/mol. The predicted molar refractivity (Wildman–Crippen MR) is 131 cm³/mol. The molecule has 0 fully saturated rings. The summed E-state index contributed by atoms with van der Waals surface area (Å²) in [4.78, 5) is 36.9. The zero-order valence-electron chi connectivity index (χ0n) is 19.6. The predicted octanol–water partition coefficient (Wildman–Crippen LogP) is 4.94. The molecule has 0 spiro atoms. The molecule has 3 aromatic carbocycles. The largest absolute Gasteiger partial charge is 0.504 e. The van der Waals surface area contributed by atoms with E-state index in [0.717, 1.165) is 11.1 Å². The normalized spacial score (nSPS) is 11.3. The molecule has 0 amide bonds. The fourth-order valence-corrected chi connectivity index (χ4v) is 3.88. The smallest absolute Gasteiger partial charge is 0.335 e. The summed E-state index contributed by atoms with van der Waals surface area (Å²) in [5.41, 5.74) is 1.25. The molecule has 0 aliphatic rings. The number of benzene rings is 1. The van der Waals surface area contributed by atoms with E-state index in [1.807, 2.05) is 27.7 Å². The quantitative estimate of drug-likeness (QED) is 0.480. The maximum Gasteiger partial charge on any atom is 0.335 e. The molecule has 176 valence electrons. The number of carbonyl (C=O) groups is 1. The van der Waals surface area contributed by atoms with E-state index < -0.39 is 34.2 Å². The molecule has 3 aromatic rings. The maximum absolute atomic E-state index is 12.8. The van der Waals surface area contributed by atoms with Crippen LogP contribution in [-0.4, -0.2) is 21.3 Å². The van der Waals surface area contributed by atoms with E-state index in [-0.39, 0.29) is 28.5 Å². The van der Waals surface area contributed by atoms with Gasteiger partial charge in [0.1, 0.15) is 0 Å². The van der Waals surface area contributed by atoms with Crippen LogP contribution in [0.3, 0.4) is 0 Å². The summed E-state index contributed by atoms with van der Waals surface area (Å²) in [5, 5.41) is 31.1. The van der Waals surface area contributed by atoms with Crippen LogP contribution in [-0.2, 0) is 0 Å². The minimum absolute atomic E-state index is 0.0328. The van der Waals surface area contributed by atoms with Gasteiger partial charge < -0.3 is 15.3 Å². The van der Waals surface area contributed by atoms with Crippen molar-refractivity contribution in [3.63, 3.8) is 0 Å². The van der Waals surface area contributed by atoms with Crippen LogP contribution in [0.4, 0.5) is 0 Å². The van der Waals surface area contributed by atoms with Gasteiger partial charge >= 0.3 is 5.97 Å². The van der Waals surface area contributed by atoms with Crippen LogP contribution in [0, 0.1) is 0 Å². The minimum Gasteiger partial charge on any atom is -0.504 e. The van der Waals surface area contributed by atoms with Crippen LogP contribution < -0.4 is 10.9 Å². The Morgan fingerprint density at radius 2 is 1.03 bits per heavy atom. The lowest BCUT2D eigenvalue weighted by molar-refractivity contribution is 0.0697. The Morgan fingerprint density at radius 3 is 1.38 bits per heavy atom. The van der Waals surface area contributed by atoms with Gasteiger partial charge in [0.25, 0.3) is 0 Å². The number of rotatable bonds is 6. The van der Waals surface area contributed by atoms with Crippen LogP contribution in [0.1, 0.15) is 83.6 Å². The van der Waals surface area contributed by atoms with Crippen molar-refractivity contribution in [3.8, 4) is 11.5 Å². The fraction of sp³-hybridized carbons (Fsp3) is 0.250. The zero-order valence-corrected chi connectivity index (χ0v) is 19.6. The van der Waals surface area contributed by atoms with E-state index >= 15 is 0 Å². The molecule has 0 aliphatic carbocycles. The van der Waals surface area contributed by atoms with E-state index in [1.54, 1.807) is 36.4 Å². The van der Waals surface area contributed by atoms with Crippen molar-refractivity contribution < 1.29 is 20.1 Å². The van der Waals surface area contributed by atoms with Gasteiger partial charge in [-0.2, -0.15) is 0 Å². The first-order chi connectivity index (χ1) is 16.0. The molecule has 0 aliphatic heterocycles. The summed E-state index contributed by atoms with van der Waals surface area (Å²) in [7, 11) is 0. The first-order valence-electron chi connectivity index (χ1n) is 11.1. The highest BCUT2D eigenvalue weighted by Gasteiger charge is 2.25. The zero-order chi connectivity index (χ0) is 25.2. The monoisotopic (exact) mass is 460 g/mol. The summed E-state index contributed by atoms with van der Waals surface area (Å²) >= 11 is 0. The van der Waals surface area contributed by atoms with E-state index in [9.17, 15) is 29.7 Å². The maximum atomic E-state index is 12.8. The van der Waals surface area contributed by atoms with Gasteiger partial charge in [0, 0.05) is 17.0 Å². The van der Waals surface area contributed by atoms with E-state index in [1.165, 1.54) is 24.3 Å². The number of aromatic hydroxyl groups is 2. The van der Waals surface area contributed by atoms with Gasteiger partial charge in [0.05, 0.1) is 5.56 Å². The number of aromatic carboxylic acids is 1. The molecule has 34 heavy (non-hydrogen) atoms. The average Bonchev–Trinajstić information content (AvgIpc) is 3.03. The molecular formula is C28H28O6. The average molecular weight is 461 g/mol. The molecule has 6 nitrogen and oxygen atoms in total. The fourth-order valence-electron chi connectivity index (χ4n) is 3.88. The van der Waals surface area contributed by atoms with Gasteiger partial charge in [-0.15, -0.1) is 0 Å². The van der Waals surface area contributed by atoms with Crippen molar-refractivity contribution in [1.82, 2.24) is 0 Å². The number of hydrogen-bond donors (Lipinski definition) is 3. The van der Waals surface area contributed by atoms with Crippen LogP contribution >= 0.6 is 0 Å². The van der Waals surface area contributed by atoms with Gasteiger partial charge in [0.2, 0.25) is 10.9 Å². The SMILES string of the molecule is CC(C)c1ccc(C(c2ccc(C(=O)O)cc2)c2ccc(C(C)C)cc(=O)c2O)c(O)c(=O)c1. The van der Waals surface area contributed by atoms with Crippen LogP contribution in [0.25, 0.3) is 0 Å². The Balaban J connectivity index is 2.40. The third-order valence-electron chi connectivity index (χ3n) is 5.97. The summed E-state index contributed by atoms with van der Waals surface area (Å²) in [6, 6.07) is 15.3. The van der Waals surface area contributed by atoms with Gasteiger partial charge in [-0.05, 0) is 52.8 Å². The third-order valence-corrected chi connectivity index (χ3v) is 5.97. The summed E-state index contributed by atoms with van der Waals surface area (Å²) < 4.78 is 0. The first kappa shape index (κ1) is 24.7. The summed E-state index contributed by atoms with van der Waals surface area (Å²) in [6.07, 6.45) is 0. The van der Waals surface area contributed by atoms with Crippen molar-refractivity contribution in [3.05, 3.63) is 114 Å². The molecule has 0 saturated carbocycles. The van der Waals surface area contributed by atoms with Gasteiger partial charge in [-0.3, -0.25) is 9.59 Å². The molecule has 0 radical (unpaired) electrons. The topological polar surface area (TPSA) is 112 Å². The Labute approximate surface area is 197 Å². The lowest BCUT2D eigenvalue weighted by Gasteiger charge is -2.19. The highest BCUT2D eigenvalue weighted by atomic mass is 16.4. The van der Waals surface area contributed by atoms with E-state index in [2.05, 4.69) is 0 Å². The minimum atomic E-state index is -1.10. The first-order valence-corrected chi connectivity index (χ1v) is 11.1. The molecule has 0 saturated heterocycles. The van der Waals surface area contributed by atoms with Crippen molar-refractivity contribution in [2.24, 2.45) is 0 Å². The standard InChI is InChI=1S/C28H28O6/c1-15(2)19-9-11-21(26(31)23(29)13-19)25(17-5-7-18(8-6-17)28(33)34)22-12-10-20(16(3)4)14-24(30)27(22)32/h5-16,25H,1-4H3,(H,29,31)(H,30,32)(H,33,34). The lowest BCUT2D eigenvalue weighted by Crippen LogP contribution is -2.09. The summed E-state index contributed by atoms with van der Waals surface area (Å²) in [5.74, 6) is -2.93. The molecule has 3 rings (SSSR count). The molecule has 3 N–H and O–H groups in total. The lowest BCUT2D eigenvalue weighted by atomic mass is 9.85. The molecule has 0 aromatic heterocycles. The van der Waals surface area contributed by atoms with Crippen LogP contribution in [0.5, 0.6) is 11.5 Å². The Kier molecular flexibility index (Phi) is 7.20. The van der Waals surface area contributed by atoms with Gasteiger partial charge in [-0.1, -0.05) is 64.1 Å². The second kappa shape index (κ2) is 9.91. The molecule has 0 heterocycles. The molecule has 0 bridgehead atoms. The van der Waals surface area contributed by atoms with Crippen molar-refractivity contribution in [2.45, 2.75) is 45.4 Å². The Morgan fingerprint density at radius 1 is 0.647 bits per heavy atom. The van der Waals surface area contributed by atoms with Crippen LogP contribution in [0.2, 0.25) is 0 Å². The second-order valence-corrected chi connectivity index (χ2v) is 8.96. The second-order valence-electron chi connectivity index (χ2n) is 8.96. The molecule has 0 unspecified atom stereocenters.